The Hall–Kier alpha value is -3.52. The van der Waals surface area contributed by atoms with Crippen LogP contribution < -0.4 is 5.63 Å². The number of hydrogen-bond donors (Lipinski definition) is 0. The number of hydrogen-bond acceptors (Lipinski definition) is 5. The largest absolute Gasteiger partial charge is 0.366 e. The van der Waals surface area contributed by atoms with Crippen LogP contribution in [0, 0.1) is 5.82 Å². The maximum Gasteiger partial charge on any atom is 0.366 e. The standard InChI is InChI=1S/C21H15FN2O4S/c1-29(26,27)18-8-6-17(7-9-18)24-20(15-10-12-23-13-11-15)19(21(25)28-24)14-2-4-16(22)5-3-14/h2-13H,1H3. The average molecular weight is 410 g/mol. The molecule has 8 heteroatoms. The minimum absolute atomic E-state index is 0.153. The fourth-order valence-electron chi connectivity index (χ4n) is 3.03. The fraction of sp³-hybridized carbons (Fsp3) is 0.0476. The maximum atomic E-state index is 13.4. The van der Waals surface area contributed by atoms with E-state index in [9.17, 15) is 17.6 Å². The Labute approximate surface area is 165 Å². The van der Waals surface area contributed by atoms with Crippen LogP contribution in [-0.2, 0) is 9.84 Å². The zero-order chi connectivity index (χ0) is 20.6. The molecule has 0 radical (unpaired) electrons. The van der Waals surface area contributed by atoms with E-state index in [1.54, 1.807) is 36.7 Å². The van der Waals surface area contributed by atoms with Gasteiger partial charge in [0.2, 0.25) is 0 Å². The number of halogens is 1. The molecule has 0 amide bonds. The number of rotatable bonds is 4. The van der Waals surface area contributed by atoms with E-state index in [1.165, 1.54) is 41.1 Å². The summed E-state index contributed by atoms with van der Waals surface area (Å²) in [6, 6.07) is 15.0. The monoisotopic (exact) mass is 410 g/mol. The van der Waals surface area contributed by atoms with Gasteiger partial charge in [-0.15, -0.1) is 0 Å². The first-order valence-electron chi connectivity index (χ1n) is 8.58. The van der Waals surface area contributed by atoms with E-state index >= 15 is 0 Å². The van der Waals surface area contributed by atoms with Gasteiger partial charge in [0.15, 0.2) is 9.84 Å². The molecule has 2 aromatic heterocycles. The molecule has 2 heterocycles. The van der Waals surface area contributed by atoms with Crippen molar-refractivity contribution in [3.8, 4) is 28.1 Å². The molecule has 6 nitrogen and oxygen atoms in total. The molecule has 0 spiro atoms. The van der Waals surface area contributed by atoms with Crippen molar-refractivity contribution in [1.82, 2.24) is 9.72 Å². The van der Waals surface area contributed by atoms with Gasteiger partial charge in [-0.3, -0.25) is 4.98 Å². The van der Waals surface area contributed by atoms with E-state index in [-0.39, 0.29) is 10.5 Å². The Morgan fingerprint density at radius 2 is 1.52 bits per heavy atom. The van der Waals surface area contributed by atoms with E-state index in [0.29, 0.717) is 22.5 Å². The summed E-state index contributed by atoms with van der Waals surface area (Å²) in [5.74, 6) is -0.417. The summed E-state index contributed by atoms with van der Waals surface area (Å²) in [5, 5.41) is 0. The molecular formula is C21H15FN2O4S. The lowest BCUT2D eigenvalue weighted by molar-refractivity contribution is 0.327. The molecule has 0 bridgehead atoms. The van der Waals surface area contributed by atoms with Crippen LogP contribution in [0.5, 0.6) is 0 Å². The molecule has 0 N–H and O–H groups in total. The first kappa shape index (κ1) is 18.8. The molecule has 0 saturated carbocycles. The number of aromatic nitrogens is 2. The van der Waals surface area contributed by atoms with Gasteiger partial charge in [0.25, 0.3) is 0 Å². The summed E-state index contributed by atoms with van der Waals surface area (Å²) in [4.78, 5) is 16.9. The summed E-state index contributed by atoms with van der Waals surface area (Å²) in [6.45, 7) is 0. The van der Waals surface area contributed by atoms with Gasteiger partial charge in [-0.25, -0.2) is 17.6 Å². The van der Waals surface area contributed by atoms with Gasteiger partial charge in [-0.05, 0) is 54.1 Å². The van der Waals surface area contributed by atoms with Crippen molar-refractivity contribution in [1.29, 1.82) is 0 Å². The van der Waals surface area contributed by atoms with Crippen LogP contribution in [0.1, 0.15) is 0 Å². The molecule has 0 atom stereocenters. The van der Waals surface area contributed by atoms with Gasteiger partial charge in [-0.2, -0.15) is 4.74 Å². The van der Waals surface area contributed by atoms with E-state index in [4.69, 9.17) is 4.52 Å². The van der Waals surface area contributed by atoms with E-state index < -0.39 is 21.3 Å². The van der Waals surface area contributed by atoms with E-state index in [0.717, 1.165) is 6.26 Å². The lowest BCUT2D eigenvalue weighted by Crippen LogP contribution is -2.00. The van der Waals surface area contributed by atoms with Crippen LogP contribution in [0.15, 0.2) is 87.3 Å². The third kappa shape index (κ3) is 3.62. The highest BCUT2D eigenvalue weighted by Crippen LogP contribution is 2.32. The Balaban J connectivity index is 1.97. The predicted molar refractivity (Wildman–Crippen MR) is 106 cm³/mol. The molecule has 0 saturated heterocycles. The van der Waals surface area contributed by atoms with Crippen LogP contribution >= 0.6 is 0 Å². The second kappa shape index (κ2) is 7.14. The summed E-state index contributed by atoms with van der Waals surface area (Å²) in [7, 11) is -3.36. The van der Waals surface area contributed by atoms with Gasteiger partial charge in [-0.1, -0.05) is 12.1 Å². The van der Waals surface area contributed by atoms with Crippen molar-refractivity contribution < 1.29 is 17.3 Å². The van der Waals surface area contributed by atoms with E-state index in [1.807, 2.05) is 0 Å². The minimum atomic E-state index is -3.36. The number of nitrogens with zero attached hydrogens (tertiary/aromatic N) is 2. The Bertz CT molecular complexity index is 1320. The highest BCUT2D eigenvalue weighted by molar-refractivity contribution is 7.90. The first-order valence-corrected chi connectivity index (χ1v) is 10.5. The zero-order valence-electron chi connectivity index (χ0n) is 15.2. The third-order valence-corrected chi connectivity index (χ3v) is 5.53. The highest BCUT2D eigenvalue weighted by Gasteiger charge is 2.22. The predicted octanol–water partition coefficient (Wildman–Crippen LogP) is 3.70. The van der Waals surface area contributed by atoms with Gasteiger partial charge in [0, 0.05) is 24.2 Å². The van der Waals surface area contributed by atoms with Crippen molar-refractivity contribution in [2.75, 3.05) is 6.26 Å². The molecular weight excluding hydrogens is 395 g/mol. The lowest BCUT2D eigenvalue weighted by Gasteiger charge is -2.09. The summed E-state index contributed by atoms with van der Waals surface area (Å²) < 4.78 is 43.6. The van der Waals surface area contributed by atoms with Crippen LogP contribution in [0.2, 0.25) is 0 Å². The SMILES string of the molecule is CS(=O)(=O)c1ccc(-n2oc(=O)c(-c3ccc(F)cc3)c2-c2ccncc2)cc1. The molecule has 2 aromatic carbocycles. The molecule has 4 rings (SSSR count). The Morgan fingerprint density at radius 1 is 0.897 bits per heavy atom. The molecule has 29 heavy (non-hydrogen) atoms. The first-order chi connectivity index (χ1) is 13.8. The molecule has 0 fully saturated rings. The van der Waals surface area contributed by atoms with Gasteiger partial charge in [0.05, 0.1) is 16.1 Å². The van der Waals surface area contributed by atoms with Crippen LogP contribution in [0.25, 0.3) is 28.1 Å². The van der Waals surface area contributed by atoms with Crippen molar-refractivity contribution in [3.05, 3.63) is 89.3 Å². The van der Waals surface area contributed by atoms with Crippen molar-refractivity contribution in [3.63, 3.8) is 0 Å². The van der Waals surface area contributed by atoms with Crippen molar-refractivity contribution in [2.24, 2.45) is 0 Å². The number of sulfone groups is 1. The van der Waals surface area contributed by atoms with Crippen molar-refractivity contribution in [2.45, 2.75) is 4.90 Å². The Kier molecular flexibility index (Phi) is 4.63. The maximum absolute atomic E-state index is 13.4. The average Bonchev–Trinajstić information content (AvgIpc) is 3.06. The van der Waals surface area contributed by atoms with E-state index in [2.05, 4.69) is 4.98 Å². The van der Waals surface area contributed by atoms with Gasteiger partial charge in [0.1, 0.15) is 11.5 Å². The number of benzene rings is 2. The molecule has 0 unspecified atom stereocenters. The lowest BCUT2D eigenvalue weighted by atomic mass is 10.0. The Morgan fingerprint density at radius 3 is 2.10 bits per heavy atom. The summed E-state index contributed by atoms with van der Waals surface area (Å²) >= 11 is 0. The third-order valence-electron chi connectivity index (χ3n) is 4.40. The molecule has 0 aliphatic carbocycles. The molecule has 4 aromatic rings. The van der Waals surface area contributed by atoms with Crippen LogP contribution in [0.4, 0.5) is 4.39 Å². The van der Waals surface area contributed by atoms with Crippen LogP contribution in [0.3, 0.4) is 0 Å². The number of pyridine rings is 1. The topological polar surface area (TPSA) is 82.2 Å². The van der Waals surface area contributed by atoms with Crippen molar-refractivity contribution >= 4 is 9.84 Å². The zero-order valence-corrected chi connectivity index (χ0v) is 16.1. The van der Waals surface area contributed by atoms with Gasteiger partial charge >= 0.3 is 5.63 Å². The van der Waals surface area contributed by atoms with Crippen LogP contribution in [-0.4, -0.2) is 24.4 Å². The molecule has 0 aliphatic heterocycles. The minimum Gasteiger partial charge on any atom is -0.330 e. The second-order valence-corrected chi connectivity index (χ2v) is 8.42. The smallest absolute Gasteiger partial charge is 0.330 e. The summed E-state index contributed by atoms with van der Waals surface area (Å²) in [6.07, 6.45) is 4.28. The quantitative estimate of drug-likeness (QED) is 0.512. The highest BCUT2D eigenvalue weighted by atomic mass is 32.2. The molecule has 146 valence electrons. The molecule has 0 aliphatic rings. The van der Waals surface area contributed by atoms with Gasteiger partial charge < -0.3 is 4.52 Å². The normalized spacial score (nSPS) is 11.5. The summed E-state index contributed by atoms with van der Waals surface area (Å²) in [5.41, 5.74) is 1.75. The second-order valence-electron chi connectivity index (χ2n) is 6.41. The fourth-order valence-corrected chi connectivity index (χ4v) is 3.66.